The van der Waals surface area contributed by atoms with Gasteiger partial charge in [0.15, 0.2) is 0 Å². The lowest BCUT2D eigenvalue weighted by Gasteiger charge is -2.13. The Labute approximate surface area is 119 Å². The second-order valence-electron chi connectivity index (χ2n) is 3.96. The molecule has 2 aromatic rings. The van der Waals surface area contributed by atoms with E-state index in [9.17, 15) is 0 Å². The van der Waals surface area contributed by atoms with Gasteiger partial charge in [0.25, 0.3) is 0 Å². The Morgan fingerprint density at radius 1 is 1.29 bits per heavy atom. The topological polar surface area (TPSA) is 12.0 Å². The molecule has 0 aliphatic heterocycles. The average molecular weight is 330 g/mol. The maximum atomic E-state index is 3.59. The first kappa shape index (κ1) is 13.3. The zero-order valence-corrected chi connectivity index (χ0v) is 13.2. The second kappa shape index (κ2) is 6.14. The van der Waals surface area contributed by atoms with Gasteiger partial charge in [-0.3, -0.25) is 0 Å². The number of aryl methyl sites for hydroxylation is 1. The number of hydrogen-bond donors (Lipinski definition) is 1. The molecule has 0 aliphatic carbocycles. The third-order valence-electron chi connectivity index (χ3n) is 2.83. The van der Waals surface area contributed by atoms with Crippen LogP contribution in [0.15, 0.2) is 27.4 Å². The van der Waals surface area contributed by atoms with E-state index < -0.39 is 0 Å². The predicted molar refractivity (Wildman–Crippen MR) is 81.0 cm³/mol. The summed E-state index contributed by atoms with van der Waals surface area (Å²) in [7, 11) is 0. The lowest BCUT2D eigenvalue weighted by molar-refractivity contribution is 0.584. The van der Waals surface area contributed by atoms with Gasteiger partial charge >= 0.3 is 0 Å². The van der Waals surface area contributed by atoms with Gasteiger partial charge in [-0.1, -0.05) is 6.92 Å². The van der Waals surface area contributed by atoms with Crippen molar-refractivity contribution in [1.82, 2.24) is 5.32 Å². The van der Waals surface area contributed by atoms with Gasteiger partial charge in [0, 0.05) is 26.8 Å². The summed E-state index contributed by atoms with van der Waals surface area (Å²) < 4.78 is 1.21. The fourth-order valence-corrected chi connectivity index (χ4v) is 4.47. The van der Waals surface area contributed by atoms with E-state index in [1.165, 1.54) is 19.8 Å². The fraction of sp³-hybridized carbons (Fsp3) is 0.385. The van der Waals surface area contributed by atoms with Crippen LogP contribution in [0.2, 0.25) is 0 Å². The number of halogens is 1. The monoisotopic (exact) mass is 329 g/mol. The fourth-order valence-electron chi connectivity index (χ4n) is 1.79. The Morgan fingerprint density at radius 2 is 2.06 bits per heavy atom. The number of hydrogen-bond acceptors (Lipinski definition) is 3. The van der Waals surface area contributed by atoms with Crippen LogP contribution >= 0.6 is 38.6 Å². The van der Waals surface area contributed by atoms with Crippen molar-refractivity contribution in [2.45, 2.75) is 32.9 Å². The molecular formula is C13H16BrNS2. The highest BCUT2D eigenvalue weighted by atomic mass is 79.9. The van der Waals surface area contributed by atoms with Crippen LogP contribution < -0.4 is 5.32 Å². The van der Waals surface area contributed by atoms with E-state index in [1.54, 1.807) is 11.3 Å². The number of rotatable bonds is 5. The molecule has 0 amide bonds. The first-order valence-electron chi connectivity index (χ1n) is 5.74. The quantitative estimate of drug-likeness (QED) is 0.815. The van der Waals surface area contributed by atoms with Crippen LogP contribution in [0.25, 0.3) is 0 Å². The largest absolute Gasteiger partial charge is 0.304 e. The average Bonchev–Trinajstić information content (AvgIpc) is 2.94. The van der Waals surface area contributed by atoms with Crippen molar-refractivity contribution < 1.29 is 0 Å². The second-order valence-corrected chi connectivity index (χ2v) is 6.76. The van der Waals surface area contributed by atoms with Crippen LogP contribution in [0.3, 0.4) is 0 Å². The van der Waals surface area contributed by atoms with Gasteiger partial charge in [-0.25, -0.2) is 0 Å². The van der Waals surface area contributed by atoms with Crippen molar-refractivity contribution in [3.05, 3.63) is 42.7 Å². The molecule has 2 heterocycles. The van der Waals surface area contributed by atoms with E-state index >= 15 is 0 Å². The molecule has 0 radical (unpaired) electrons. The van der Waals surface area contributed by atoms with Gasteiger partial charge in [-0.2, -0.15) is 0 Å². The molecule has 1 N–H and O–H groups in total. The SMILES string of the molecule is CCc1ccsc1CNC(C)c1sccc1Br. The summed E-state index contributed by atoms with van der Waals surface area (Å²) in [5.41, 5.74) is 1.47. The molecule has 17 heavy (non-hydrogen) atoms. The Morgan fingerprint density at radius 3 is 2.71 bits per heavy atom. The molecule has 0 saturated heterocycles. The third kappa shape index (κ3) is 3.19. The Bertz CT molecular complexity index is 475. The zero-order valence-electron chi connectivity index (χ0n) is 10.00. The molecule has 0 fully saturated rings. The number of nitrogens with one attached hydrogen (secondary N) is 1. The van der Waals surface area contributed by atoms with Crippen molar-refractivity contribution in [2.24, 2.45) is 0 Å². The highest BCUT2D eigenvalue weighted by Gasteiger charge is 2.11. The summed E-state index contributed by atoms with van der Waals surface area (Å²) in [6.07, 6.45) is 1.12. The van der Waals surface area contributed by atoms with Crippen molar-refractivity contribution in [3.8, 4) is 0 Å². The van der Waals surface area contributed by atoms with Crippen LogP contribution in [0, 0.1) is 0 Å². The molecule has 0 aromatic carbocycles. The van der Waals surface area contributed by atoms with E-state index in [4.69, 9.17) is 0 Å². The van der Waals surface area contributed by atoms with E-state index in [0.29, 0.717) is 6.04 Å². The third-order valence-corrected chi connectivity index (χ3v) is 5.84. The molecule has 0 spiro atoms. The molecule has 92 valence electrons. The molecule has 1 atom stereocenters. The van der Waals surface area contributed by atoms with Crippen LogP contribution in [-0.4, -0.2) is 0 Å². The van der Waals surface area contributed by atoms with Gasteiger partial charge in [-0.15, -0.1) is 22.7 Å². The van der Waals surface area contributed by atoms with Gasteiger partial charge in [-0.05, 0) is 57.7 Å². The summed E-state index contributed by atoms with van der Waals surface area (Å²) in [4.78, 5) is 2.84. The molecule has 2 aromatic heterocycles. The molecule has 4 heteroatoms. The molecule has 0 bridgehead atoms. The Hall–Kier alpha value is -0.160. The van der Waals surface area contributed by atoms with E-state index in [-0.39, 0.29) is 0 Å². The van der Waals surface area contributed by atoms with E-state index in [0.717, 1.165) is 13.0 Å². The summed E-state index contributed by atoms with van der Waals surface area (Å²) in [5, 5.41) is 7.90. The van der Waals surface area contributed by atoms with Crippen LogP contribution in [0.5, 0.6) is 0 Å². The Kier molecular flexibility index (Phi) is 4.79. The minimum absolute atomic E-state index is 0.399. The number of thiophene rings is 2. The van der Waals surface area contributed by atoms with Crippen LogP contribution in [-0.2, 0) is 13.0 Å². The normalized spacial score (nSPS) is 12.9. The molecule has 2 rings (SSSR count). The minimum atomic E-state index is 0.399. The van der Waals surface area contributed by atoms with Crippen molar-refractivity contribution in [2.75, 3.05) is 0 Å². The van der Waals surface area contributed by atoms with Crippen LogP contribution in [0.1, 0.15) is 35.2 Å². The maximum Gasteiger partial charge on any atom is 0.0400 e. The van der Waals surface area contributed by atoms with Crippen molar-refractivity contribution in [1.29, 1.82) is 0 Å². The van der Waals surface area contributed by atoms with E-state index in [1.807, 2.05) is 11.3 Å². The van der Waals surface area contributed by atoms with Crippen LogP contribution in [0.4, 0.5) is 0 Å². The molecular weight excluding hydrogens is 314 g/mol. The molecule has 1 unspecified atom stereocenters. The first-order valence-corrected chi connectivity index (χ1v) is 8.29. The van der Waals surface area contributed by atoms with Gasteiger partial charge in [0.1, 0.15) is 0 Å². The molecule has 0 aliphatic rings. The highest BCUT2D eigenvalue weighted by molar-refractivity contribution is 9.10. The maximum absolute atomic E-state index is 3.59. The van der Waals surface area contributed by atoms with Crippen molar-refractivity contribution >= 4 is 38.6 Å². The predicted octanol–water partition coefficient (Wildman–Crippen LogP) is 4.99. The first-order chi connectivity index (χ1) is 8.22. The van der Waals surface area contributed by atoms with Gasteiger partial charge in [0.2, 0.25) is 0 Å². The lowest BCUT2D eigenvalue weighted by Crippen LogP contribution is -2.17. The van der Waals surface area contributed by atoms with Gasteiger partial charge in [0.05, 0.1) is 0 Å². The summed E-state index contributed by atoms with van der Waals surface area (Å²) in [6, 6.07) is 4.74. The molecule has 1 nitrogen and oxygen atoms in total. The van der Waals surface area contributed by atoms with Crippen molar-refractivity contribution in [3.63, 3.8) is 0 Å². The zero-order chi connectivity index (χ0) is 12.3. The van der Waals surface area contributed by atoms with E-state index in [2.05, 4.69) is 58.0 Å². The molecule has 0 saturated carbocycles. The smallest absolute Gasteiger partial charge is 0.0400 e. The highest BCUT2D eigenvalue weighted by Crippen LogP contribution is 2.29. The lowest BCUT2D eigenvalue weighted by atomic mass is 10.2. The Balaban J connectivity index is 1.97. The summed E-state index contributed by atoms with van der Waals surface area (Å²) >= 11 is 7.23. The van der Waals surface area contributed by atoms with Gasteiger partial charge < -0.3 is 5.32 Å². The summed E-state index contributed by atoms with van der Waals surface area (Å²) in [5.74, 6) is 0. The summed E-state index contributed by atoms with van der Waals surface area (Å²) in [6.45, 7) is 5.40. The minimum Gasteiger partial charge on any atom is -0.304 e. The standard InChI is InChI=1S/C13H16BrNS2/c1-3-10-4-6-16-12(10)8-15-9(2)13-11(14)5-7-17-13/h4-7,9,15H,3,8H2,1-2H3.